The van der Waals surface area contributed by atoms with Gasteiger partial charge in [0.05, 0.1) is 10.2 Å². The molecule has 1 heterocycles. The first kappa shape index (κ1) is 12.6. The monoisotopic (exact) mass is 281 g/mol. The number of allylic oxidation sites excluding steroid dienone is 1. The molecule has 0 unspecified atom stereocenters. The van der Waals surface area contributed by atoms with Crippen LogP contribution in [0.3, 0.4) is 0 Å². The average Bonchev–Trinajstić information content (AvgIpc) is 2.82. The molecule has 3 nitrogen and oxygen atoms in total. The third-order valence-electron chi connectivity index (χ3n) is 2.92. The minimum absolute atomic E-state index is 0.256. The summed E-state index contributed by atoms with van der Waals surface area (Å²) in [7, 11) is 0. The molecule has 3 aromatic rings. The quantitative estimate of drug-likeness (QED) is 0.675. The molecule has 0 fully saturated rings. The molecule has 4 heteroatoms. The predicted octanol–water partition coefficient (Wildman–Crippen LogP) is 3.42. The van der Waals surface area contributed by atoms with Crippen molar-refractivity contribution in [2.45, 2.75) is 0 Å². The molecule has 1 aromatic heterocycles. The molecule has 0 saturated carbocycles. The highest BCUT2D eigenvalue weighted by Crippen LogP contribution is 2.16. The van der Waals surface area contributed by atoms with Crippen LogP contribution in [0.15, 0.2) is 65.5 Å². The van der Waals surface area contributed by atoms with Crippen molar-refractivity contribution in [3.05, 3.63) is 75.9 Å². The van der Waals surface area contributed by atoms with Gasteiger partial charge in [-0.3, -0.25) is 9.59 Å². The first-order chi connectivity index (χ1) is 9.75. The lowest BCUT2D eigenvalue weighted by molar-refractivity contribution is 0.0972. The van der Waals surface area contributed by atoms with Crippen molar-refractivity contribution in [3.8, 4) is 0 Å². The summed E-state index contributed by atoms with van der Waals surface area (Å²) in [5.74, 6) is -0.323. The molecule has 0 amide bonds. The largest absolute Gasteiger partial charge is 0.315 e. The molecule has 98 valence electrons. The van der Waals surface area contributed by atoms with E-state index in [1.54, 1.807) is 12.1 Å². The van der Waals surface area contributed by atoms with E-state index < -0.39 is 0 Å². The topological polar surface area (TPSA) is 39.1 Å². The van der Waals surface area contributed by atoms with Gasteiger partial charge in [-0.05, 0) is 23.8 Å². The van der Waals surface area contributed by atoms with Crippen LogP contribution >= 0.6 is 11.3 Å². The molecule has 0 aliphatic rings. The summed E-state index contributed by atoms with van der Waals surface area (Å²) in [4.78, 5) is 23.9. The first-order valence-electron chi connectivity index (χ1n) is 6.14. The summed E-state index contributed by atoms with van der Waals surface area (Å²) in [6.07, 6.45) is 3.14. The highest BCUT2D eigenvalue weighted by Gasteiger charge is 2.11. The predicted molar refractivity (Wildman–Crippen MR) is 82.2 cm³/mol. The third-order valence-corrected chi connectivity index (χ3v) is 3.85. The van der Waals surface area contributed by atoms with Crippen LogP contribution in [0.4, 0.5) is 0 Å². The normalized spacial score (nSPS) is 11.2. The van der Waals surface area contributed by atoms with E-state index in [-0.39, 0.29) is 10.8 Å². The van der Waals surface area contributed by atoms with Gasteiger partial charge in [0.25, 0.3) is 5.91 Å². The van der Waals surface area contributed by atoms with Crippen molar-refractivity contribution in [1.29, 1.82) is 0 Å². The van der Waals surface area contributed by atoms with Crippen LogP contribution in [0.1, 0.15) is 10.4 Å². The maximum atomic E-state index is 12.2. The van der Waals surface area contributed by atoms with Crippen LogP contribution in [0.25, 0.3) is 16.3 Å². The number of carbonyl (C=O) groups excluding carboxylic acids is 1. The van der Waals surface area contributed by atoms with Gasteiger partial charge in [-0.1, -0.05) is 53.8 Å². The van der Waals surface area contributed by atoms with E-state index in [0.29, 0.717) is 5.52 Å². The molecule has 0 bridgehead atoms. The van der Waals surface area contributed by atoms with Crippen molar-refractivity contribution < 1.29 is 4.79 Å². The summed E-state index contributed by atoms with van der Waals surface area (Å²) < 4.78 is 2.03. The van der Waals surface area contributed by atoms with Gasteiger partial charge in [0.15, 0.2) is 0 Å². The number of hydrogen-bond acceptors (Lipinski definition) is 3. The molecule has 3 rings (SSSR count). The van der Waals surface area contributed by atoms with E-state index in [1.807, 2.05) is 48.5 Å². The molecule has 0 N–H and O–H groups in total. The Morgan fingerprint density at radius 2 is 1.70 bits per heavy atom. The van der Waals surface area contributed by atoms with Gasteiger partial charge in [-0.25, -0.2) is 4.57 Å². The Morgan fingerprint density at radius 1 is 1.00 bits per heavy atom. The lowest BCUT2D eigenvalue weighted by atomic mass is 10.2. The van der Waals surface area contributed by atoms with E-state index in [1.165, 1.54) is 10.6 Å². The zero-order valence-electron chi connectivity index (χ0n) is 10.5. The van der Waals surface area contributed by atoms with Crippen LogP contribution in [0, 0.1) is 0 Å². The SMILES string of the molecule is O=C(/C=C/c1ccccc1)n1c(=O)sc2ccccc21. The van der Waals surface area contributed by atoms with E-state index in [2.05, 4.69) is 0 Å². The number of para-hydroxylation sites is 1. The van der Waals surface area contributed by atoms with Crippen LogP contribution in [-0.4, -0.2) is 10.5 Å². The zero-order valence-corrected chi connectivity index (χ0v) is 11.3. The molecule has 20 heavy (non-hydrogen) atoms. The molecule has 2 aromatic carbocycles. The second-order valence-corrected chi connectivity index (χ2v) is 5.25. The molecule has 0 aliphatic carbocycles. The van der Waals surface area contributed by atoms with Crippen molar-refractivity contribution >= 4 is 33.5 Å². The van der Waals surface area contributed by atoms with Crippen molar-refractivity contribution in [2.24, 2.45) is 0 Å². The number of benzene rings is 2. The minimum atomic E-state index is -0.323. The summed E-state index contributed by atoms with van der Waals surface area (Å²) in [5.41, 5.74) is 1.58. The molecular weight excluding hydrogens is 270 g/mol. The molecular formula is C16H11NO2S. The number of fused-ring (bicyclic) bond motifs is 1. The Balaban J connectivity index is 1.99. The van der Waals surface area contributed by atoms with E-state index >= 15 is 0 Å². The molecule has 0 saturated heterocycles. The van der Waals surface area contributed by atoms with Crippen LogP contribution in [0.5, 0.6) is 0 Å². The Hall–Kier alpha value is -2.46. The van der Waals surface area contributed by atoms with E-state index in [9.17, 15) is 9.59 Å². The first-order valence-corrected chi connectivity index (χ1v) is 6.95. The smallest absolute Gasteiger partial charge is 0.269 e. The molecule has 0 radical (unpaired) electrons. The summed E-state index contributed by atoms with van der Waals surface area (Å²) in [6, 6.07) is 16.8. The molecule has 0 atom stereocenters. The Labute approximate surface area is 119 Å². The van der Waals surface area contributed by atoms with Crippen molar-refractivity contribution in [3.63, 3.8) is 0 Å². The number of rotatable bonds is 2. The fourth-order valence-corrected chi connectivity index (χ4v) is 2.86. The van der Waals surface area contributed by atoms with Gasteiger partial charge in [-0.15, -0.1) is 0 Å². The average molecular weight is 281 g/mol. The highest BCUT2D eigenvalue weighted by molar-refractivity contribution is 7.16. The van der Waals surface area contributed by atoms with Crippen LogP contribution in [0.2, 0.25) is 0 Å². The van der Waals surface area contributed by atoms with Gasteiger partial charge in [0.1, 0.15) is 0 Å². The lowest BCUT2D eigenvalue weighted by Crippen LogP contribution is -2.19. The van der Waals surface area contributed by atoms with Crippen LogP contribution < -0.4 is 4.87 Å². The fraction of sp³-hybridized carbons (Fsp3) is 0. The van der Waals surface area contributed by atoms with Crippen molar-refractivity contribution in [1.82, 2.24) is 4.57 Å². The maximum absolute atomic E-state index is 12.2. The van der Waals surface area contributed by atoms with E-state index in [0.717, 1.165) is 21.6 Å². The highest BCUT2D eigenvalue weighted by atomic mass is 32.1. The zero-order chi connectivity index (χ0) is 13.9. The van der Waals surface area contributed by atoms with E-state index in [4.69, 9.17) is 0 Å². The Kier molecular flexibility index (Phi) is 3.31. The van der Waals surface area contributed by atoms with Gasteiger partial charge in [0, 0.05) is 6.08 Å². The summed E-state index contributed by atoms with van der Waals surface area (Å²) in [5, 5.41) is 0. The summed E-state index contributed by atoms with van der Waals surface area (Å²) in [6.45, 7) is 0. The number of carbonyl (C=O) groups is 1. The van der Waals surface area contributed by atoms with Gasteiger partial charge < -0.3 is 0 Å². The van der Waals surface area contributed by atoms with Gasteiger partial charge in [0.2, 0.25) is 0 Å². The standard InChI is InChI=1S/C16H11NO2S/c18-15(11-10-12-6-2-1-3-7-12)17-13-8-4-5-9-14(13)20-16(17)19/h1-11H/b11-10+. The number of aromatic nitrogens is 1. The van der Waals surface area contributed by atoms with Crippen molar-refractivity contribution in [2.75, 3.05) is 0 Å². The third kappa shape index (κ3) is 2.33. The Morgan fingerprint density at radius 3 is 2.50 bits per heavy atom. The maximum Gasteiger partial charge on any atom is 0.315 e. The summed E-state index contributed by atoms with van der Waals surface area (Å²) >= 11 is 1.08. The fourth-order valence-electron chi connectivity index (χ4n) is 1.98. The van der Waals surface area contributed by atoms with Gasteiger partial charge in [-0.2, -0.15) is 0 Å². The second kappa shape index (κ2) is 5.27. The minimum Gasteiger partial charge on any atom is -0.269 e. The number of hydrogen-bond donors (Lipinski definition) is 0. The lowest BCUT2D eigenvalue weighted by Gasteiger charge is -1.97. The molecule has 0 spiro atoms. The number of thiazole rings is 1. The number of nitrogens with zero attached hydrogens (tertiary/aromatic N) is 1. The Bertz CT molecular complexity index is 844. The van der Waals surface area contributed by atoms with Crippen LogP contribution in [-0.2, 0) is 0 Å². The molecule has 0 aliphatic heterocycles. The van der Waals surface area contributed by atoms with Gasteiger partial charge >= 0.3 is 4.87 Å². The second-order valence-electron chi connectivity index (χ2n) is 4.25.